The average molecular weight is 278 g/mol. The summed E-state index contributed by atoms with van der Waals surface area (Å²) >= 11 is 0. The van der Waals surface area contributed by atoms with E-state index >= 15 is 0 Å². The molecule has 2 fully saturated rings. The number of carbonyl (C=O) groups is 1. The molecule has 2 aliphatic heterocycles. The lowest BCUT2D eigenvalue weighted by atomic mass is 10.1. The fraction of sp³-hybridized carbons (Fsp3) is 0.533. The van der Waals surface area contributed by atoms with Gasteiger partial charge in [0, 0.05) is 25.7 Å². The first-order chi connectivity index (χ1) is 9.65. The summed E-state index contributed by atoms with van der Waals surface area (Å²) in [6.45, 7) is 3.90. The van der Waals surface area contributed by atoms with Crippen LogP contribution in [0.15, 0.2) is 18.2 Å². The summed E-state index contributed by atoms with van der Waals surface area (Å²) in [6, 6.07) is 4.72. The van der Waals surface area contributed by atoms with Crippen molar-refractivity contribution in [2.75, 3.05) is 31.1 Å². The van der Waals surface area contributed by atoms with Gasteiger partial charge in [-0.25, -0.2) is 9.18 Å². The van der Waals surface area contributed by atoms with E-state index in [1.54, 1.807) is 6.07 Å². The summed E-state index contributed by atoms with van der Waals surface area (Å²) in [5.41, 5.74) is 0.535. The minimum Gasteiger partial charge on any atom is -0.478 e. The number of carboxylic acid groups (broad SMARTS) is 1. The standard InChI is InChI=1S/C15H19FN2O2/c16-13-9-11(15(19)20)4-5-14(13)18-8-2-7-17-6-1-3-12(17)10-18/h4-5,9,12H,1-3,6-8,10H2,(H,19,20). The van der Waals surface area contributed by atoms with Crippen LogP contribution in [0.25, 0.3) is 0 Å². The van der Waals surface area contributed by atoms with Crippen molar-refractivity contribution in [3.05, 3.63) is 29.6 Å². The van der Waals surface area contributed by atoms with Crippen LogP contribution in [0.3, 0.4) is 0 Å². The van der Waals surface area contributed by atoms with Gasteiger partial charge < -0.3 is 10.0 Å². The maximum Gasteiger partial charge on any atom is 0.335 e. The summed E-state index contributed by atoms with van der Waals surface area (Å²) in [5.74, 6) is -1.52. The molecule has 2 saturated heterocycles. The van der Waals surface area contributed by atoms with Crippen molar-refractivity contribution in [2.45, 2.75) is 25.3 Å². The molecule has 0 saturated carbocycles. The highest BCUT2D eigenvalue weighted by Gasteiger charge is 2.29. The molecule has 1 aromatic rings. The van der Waals surface area contributed by atoms with Crippen molar-refractivity contribution < 1.29 is 14.3 Å². The molecule has 3 rings (SSSR count). The minimum atomic E-state index is -1.09. The van der Waals surface area contributed by atoms with Crippen LogP contribution in [-0.4, -0.2) is 48.2 Å². The van der Waals surface area contributed by atoms with Crippen LogP contribution in [0.1, 0.15) is 29.6 Å². The molecule has 0 aliphatic carbocycles. The van der Waals surface area contributed by atoms with Crippen molar-refractivity contribution in [1.29, 1.82) is 0 Å². The highest BCUT2D eigenvalue weighted by Crippen LogP contribution is 2.27. The number of hydrogen-bond acceptors (Lipinski definition) is 3. The average Bonchev–Trinajstić information content (AvgIpc) is 2.76. The summed E-state index contributed by atoms with van der Waals surface area (Å²) < 4.78 is 14.2. The third-order valence-electron chi connectivity index (χ3n) is 4.34. The Hall–Kier alpha value is -1.62. The molecule has 0 aromatic heterocycles. The molecule has 2 heterocycles. The maximum absolute atomic E-state index is 14.2. The Kier molecular flexibility index (Phi) is 3.61. The van der Waals surface area contributed by atoms with Crippen LogP contribution in [0.5, 0.6) is 0 Å². The smallest absolute Gasteiger partial charge is 0.335 e. The Morgan fingerprint density at radius 2 is 2.05 bits per heavy atom. The zero-order valence-corrected chi connectivity index (χ0v) is 11.4. The topological polar surface area (TPSA) is 43.8 Å². The number of hydrogen-bond donors (Lipinski definition) is 1. The Bertz CT molecular complexity index is 521. The van der Waals surface area contributed by atoms with E-state index in [1.807, 2.05) is 0 Å². The van der Waals surface area contributed by atoms with Crippen LogP contribution < -0.4 is 4.90 Å². The quantitative estimate of drug-likeness (QED) is 0.900. The molecule has 0 spiro atoms. The number of anilines is 1. The fourth-order valence-electron chi connectivity index (χ4n) is 3.32. The predicted molar refractivity (Wildman–Crippen MR) is 74.8 cm³/mol. The van der Waals surface area contributed by atoms with Gasteiger partial charge >= 0.3 is 5.97 Å². The molecule has 0 amide bonds. The molecule has 108 valence electrons. The third kappa shape index (κ3) is 2.50. The van der Waals surface area contributed by atoms with Gasteiger partial charge in [0.2, 0.25) is 0 Å². The van der Waals surface area contributed by atoms with Gasteiger partial charge in [0.25, 0.3) is 0 Å². The molecule has 4 nitrogen and oxygen atoms in total. The molecule has 20 heavy (non-hydrogen) atoms. The van der Waals surface area contributed by atoms with E-state index in [-0.39, 0.29) is 5.56 Å². The number of benzene rings is 1. The summed E-state index contributed by atoms with van der Waals surface area (Å²) in [5, 5.41) is 8.89. The largest absolute Gasteiger partial charge is 0.478 e. The molecule has 1 unspecified atom stereocenters. The van der Waals surface area contributed by atoms with Crippen molar-refractivity contribution in [3.8, 4) is 0 Å². The molecule has 1 atom stereocenters. The SMILES string of the molecule is O=C(O)c1ccc(N2CCCN3CCCC3C2)c(F)c1. The lowest BCUT2D eigenvalue weighted by molar-refractivity contribution is 0.0696. The molecule has 1 aromatic carbocycles. The van der Waals surface area contributed by atoms with Gasteiger partial charge in [0.15, 0.2) is 0 Å². The number of carboxylic acids is 1. The number of halogens is 1. The number of rotatable bonds is 2. The molecular formula is C15H19FN2O2. The lowest BCUT2D eigenvalue weighted by Crippen LogP contribution is -2.37. The van der Waals surface area contributed by atoms with E-state index in [0.29, 0.717) is 11.7 Å². The highest BCUT2D eigenvalue weighted by atomic mass is 19.1. The summed E-state index contributed by atoms with van der Waals surface area (Å²) in [4.78, 5) is 15.4. The van der Waals surface area contributed by atoms with Gasteiger partial charge in [-0.2, -0.15) is 0 Å². The minimum absolute atomic E-state index is 0.00330. The van der Waals surface area contributed by atoms with Gasteiger partial charge in [-0.3, -0.25) is 4.90 Å². The maximum atomic E-state index is 14.2. The summed E-state index contributed by atoms with van der Waals surface area (Å²) in [6.07, 6.45) is 3.42. The molecule has 1 N–H and O–H groups in total. The van der Waals surface area contributed by atoms with Crippen LogP contribution in [-0.2, 0) is 0 Å². The number of fused-ring (bicyclic) bond motifs is 1. The van der Waals surface area contributed by atoms with Gasteiger partial charge in [0.05, 0.1) is 11.3 Å². The fourth-order valence-corrected chi connectivity index (χ4v) is 3.32. The monoisotopic (exact) mass is 278 g/mol. The van der Waals surface area contributed by atoms with E-state index in [0.717, 1.165) is 38.7 Å². The first-order valence-electron chi connectivity index (χ1n) is 7.17. The molecule has 2 aliphatic rings. The Morgan fingerprint density at radius 1 is 1.25 bits per heavy atom. The first kappa shape index (κ1) is 13.4. The lowest BCUT2D eigenvalue weighted by Gasteiger charge is -2.27. The zero-order chi connectivity index (χ0) is 14.1. The van der Waals surface area contributed by atoms with E-state index in [4.69, 9.17) is 5.11 Å². The van der Waals surface area contributed by atoms with Crippen molar-refractivity contribution >= 4 is 11.7 Å². The van der Waals surface area contributed by atoms with E-state index in [9.17, 15) is 9.18 Å². The van der Waals surface area contributed by atoms with Gasteiger partial charge in [-0.15, -0.1) is 0 Å². The summed E-state index contributed by atoms with van der Waals surface area (Å²) in [7, 11) is 0. The molecule has 0 radical (unpaired) electrons. The third-order valence-corrected chi connectivity index (χ3v) is 4.34. The second-order valence-corrected chi connectivity index (χ2v) is 5.60. The normalized spacial score (nSPS) is 23.4. The second-order valence-electron chi connectivity index (χ2n) is 5.60. The van der Waals surface area contributed by atoms with Crippen molar-refractivity contribution in [3.63, 3.8) is 0 Å². The zero-order valence-electron chi connectivity index (χ0n) is 11.4. The predicted octanol–water partition coefficient (Wildman–Crippen LogP) is 2.20. The van der Waals surface area contributed by atoms with Gasteiger partial charge in [0.1, 0.15) is 5.82 Å². The van der Waals surface area contributed by atoms with Crippen LogP contribution in [0, 0.1) is 5.82 Å². The van der Waals surface area contributed by atoms with Crippen LogP contribution in [0.2, 0.25) is 0 Å². The molecular weight excluding hydrogens is 259 g/mol. The van der Waals surface area contributed by atoms with E-state index in [2.05, 4.69) is 9.80 Å². The Labute approximate surface area is 117 Å². The number of aromatic carboxylic acids is 1. The highest BCUT2D eigenvalue weighted by molar-refractivity contribution is 5.88. The van der Waals surface area contributed by atoms with E-state index in [1.165, 1.54) is 18.9 Å². The van der Waals surface area contributed by atoms with Gasteiger partial charge in [-0.05, 0) is 44.0 Å². The van der Waals surface area contributed by atoms with Crippen LogP contribution >= 0.6 is 0 Å². The van der Waals surface area contributed by atoms with Gasteiger partial charge in [-0.1, -0.05) is 0 Å². The Morgan fingerprint density at radius 3 is 2.80 bits per heavy atom. The Balaban J connectivity index is 1.82. The van der Waals surface area contributed by atoms with Crippen molar-refractivity contribution in [1.82, 2.24) is 4.90 Å². The van der Waals surface area contributed by atoms with Crippen LogP contribution in [0.4, 0.5) is 10.1 Å². The number of nitrogens with zero attached hydrogens (tertiary/aromatic N) is 2. The molecule has 5 heteroatoms. The first-order valence-corrected chi connectivity index (χ1v) is 7.17. The second kappa shape index (κ2) is 5.40. The molecule has 0 bridgehead atoms. The van der Waals surface area contributed by atoms with E-state index < -0.39 is 11.8 Å². The van der Waals surface area contributed by atoms with Crippen molar-refractivity contribution in [2.24, 2.45) is 0 Å².